The number of anilines is 1. The van der Waals surface area contributed by atoms with Gasteiger partial charge in [-0.3, -0.25) is 14.4 Å². The van der Waals surface area contributed by atoms with Crippen LogP contribution < -0.4 is 4.90 Å². The molecule has 0 bridgehead atoms. The van der Waals surface area contributed by atoms with E-state index in [2.05, 4.69) is 22.7 Å². The third-order valence-corrected chi connectivity index (χ3v) is 7.96. The van der Waals surface area contributed by atoms with E-state index in [9.17, 15) is 14.7 Å². The zero-order valence-electron chi connectivity index (χ0n) is 20.9. The number of halogens is 1. The van der Waals surface area contributed by atoms with Gasteiger partial charge < -0.3 is 14.4 Å². The van der Waals surface area contributed by atoms with Crippen LogP contribution in [0.25, 0.3) is 11.0 Å². The number of imidazole rings is 1. The third-order valence-electron chi connectivity index (χ3n) is 7.77. The Hall–Kier alpha value is -3.07. The minimum Gasteiger partial charge on any atom is -0.481 e. The fourth-order valence-electron chi connectivity index (χ4n) is 5.91. The maximum atomic E-state index is 12.6. The smallest absolute Gasteiger partial charge is 0.414 e. The van der Waals surface area contributed by atoms with Crippen molar-refractivity contribution >= 4 is 40.4 Å². The molecule has 1 amide bonds. The zero-order valence-corrected chi connectivity index (χ0v) is 21.6. The topological polar surface area (TPSA) is 102 Å². The van der Waals surface area contributed by atoms with Crippen LogP contribution >= 0.6 is 11.6 Å². The molecule has 0 unspecified atom stereocenters. The third kappa shape index (κ3) is 4.34. The van der Waals surface area contributed by atoms with Crippen molar-refractivity contribution in [2.75, 3.05) is 12.0 Å². The molecule has 5 rings (SSSR count). The second kappa shape index (κ2) is 9.76. The van der Waals surface area contributed by atoms with Crippen LogP contribution in [0.3, 0.4) is 0 Å². The average molecular weight is 514 g/mol. The Morgan fingerprint density at radius 2 is 1.97 bits per heavy atom. The lowest BCUT2D eigenvalue weighted by Gasteiger charge is -2.34. The van der Waals surface area contributed by atoms with E-state index in [1.165, 1.54) is 7.11 Å². The minimum atomic E-state index is -0.709. The number of fused-ring (bicyclic) bond motifs is 3. The van der Waals surface area contributed by atoms with Crippen molar-refractivity contribution in [1.82, 2.24) is 19.3 Å². The normalized spacial score (nSPS) is 22.9. The van der Waals surface area contributed by atoms with E-state index in [1.54, 1.807) is 17.3 Å². The summed E-state index contributed by atoms with van der Waals surface area (Å²) >= 11 is 6.09. The van der Waals surface area contributed by atoms with Crippen LogP contribution in [-0.2, 0) is 22.5 Å². The molecule has 2 atom stereocenters. The molecule has 36 heavy (non-hydrogen) atoms. The molecule has 1 fully saturated rings. The molecule has 2 aliphatic rings. The van der Waals surface area contributed by atoms with E-state index >= 15 is 0 Å². The van der Waals surface area contributed by atoms with E-state index in [0.29, 0.717) is 24.4 Å². The average Bonchev–Trinajstić information content (AvgIpc) is 3.46. The van der Waals surface area contributed by atoms with Crippen LogP contribution in [0.15, 0.2) is 24.5 Å². The molecule has 1 aromatic carbocycles. The van der Waals surface area contributed by atoms with Gasteiger partial charge in [-0.25, -0.2) is 9.78 Å². The van der Waals surface area contributed by atoms with Gasteiger partial charge in [0.1, 0.15) is 5.82 Å². The molecule has 1 saturated carbocycles. The number of carbonyl (C=O) groups excluding carboxylic acids is 1. The lowest BCUT2D eigenvalue weighted by atomic mass is 9.85. The number of aryl methyl sites for hydroxylation is 1. The van der Waals surface area contributed by atoms with Gasteiger partial charge in [0.2, 0.25) is 0 Å². The van der Waals surface area contributed by atoms with E-state index in [1.807, 2.05) is 17.7 Å². The first-order valence-corrected chi connectivity index (χ1v) is 13.0. The second-order valence-corrected chi connectivity index (χ2v) is 10.6. The number of carboxylic acids is 1. The molecular weight excluding hydrogens is 482 g/mol. The quantitative estimate of drug-likeness (QED) is 0.489. The van der Waals surface area contributed by atoms with Crippen molar-refractivity contribution in [1.29, 1.82) is 0 Å². The van der Waals surface area contributed by atoms with Crippen LogP contribution in [0, 0.1) is 5.92 Å². The van der Waals surface area contributed by atoms with Gasteiger partial charge in [0.05, 0.1) is 47.5 Å². The number of hydrogen-bond donors (Lipinski definition) is 1. The van der Waals surface area contributed by atoms with Crippen LogP contribution in [0.2, 0.25) is 5.02 Å². The summed E-state index contributed by atoms with van der Waals surface area (Å²) in [6.45, 7) is 4.78. The standard InChI is InChI=1S/C26H32ClN5O4/c1-15(13-30-14-18(27)12-28-30)24-29-23-20-9-4-16(2)31(26(35)36-3)21(20)10-11-22(23)32(24)19-7-5-17(6-8-19)25(33)34/h10-12,14-17,19H,4-9,13H2,1-3H3,(H,33,34)/t15-,16+,17?,19?/m1/s1. The number of aromatic nitrogens is 4. The predicted molar refractivity (Wildman–Crippen MR) is 137 cm³/mol. The van der Waals surface area contributed by atoms with E-state index < -0.39 is 5.97 Å². The van der Waals surface area contributed by atoms with Gasteiger partial charge >= 0.3 is 12.1 Å². The van der Waals surface area contributed by atoms with Crippen molar-refractivity contribution in [3.05, 3.63) is 40.9 Å². The monoisotopic (exact) mass is 513 g/mol. The number of rotatable bonds is 5. The summed E-state index contributed by atoms with van der Waals surface area (Å²) in [4.78, 5) is 31.1. The Morgan fingerprint density at radius 1 is 1.22 bits per heavy atom. The Labute approximate surface area is 215 Å². The maximum absolute atomic E-state index is 12.6. The van der Waals surface area contributed by atoms with Gasteiger partial charge in [0, 0.05) is 29.8 Å². The highest BCUT2D eigenvalue weighted by atomic mass is 35.5. The summed E-state index contributed by atoms with van der Waals surface area (Å²) in [5.41, 5.74) is 3.86. The molecule has 192 valence electrons. The minimum absolute atomic E-state index is 0.0405. The van der Waals surface area contributed by atoms with E-state index in [-0.39, 0.29) is 30.0 Å². The van der Waals surface area contributed by atoms with Crippen molar-refractivity contribution in [2.45, 2.75) is 76.9 Å². The van der Waals surface area contributed by atoms with Gasteiger partial charge in [-0.1, -0.05) is 18.5 Å². The molecule has 0 saturated heterocycles. The molecule has 10 heteroatoms. The number of amides is 1. The highest BCUT2D eigenvalue weighted by Gasteiger charge is 2.34. The van der Waals surface area contributed by atoms with Crippen molar-refractivity contribution in [3.8, 4) is 0 Å². The summed E-state index contributed by atoms with van der Waals surface area (Å²) in [6, 6.07) is 4.27. The van der Waals surface area contributed by atoms with Crippen molar-refractivity contribution in [2.24, 2.45) is 5.92 Å². The van der Waals surface area contributed by atoms with Gasteiger partial charge in [-0.15, -0.1) is 0 Å². The number of ether oxygens (including phenoxy) is 1. The highest BCUT2D eigenvalue weighted by molar-refractivity contribution is 6.30. The molecule has 1 aliphatic carbocycles. The van der Waals surface area contributed by atoms with E-state index in [0.717, 1.165) is 53.8 Å². The Morgan fingerprint density at radius 3 is 2.61 bits per heavy atom. The molecule has 0 radical (unpaired) electrons. The molecule has 0 spiro atoms. The molecule has 3 heterocycles. The number of nitrogens with zero attached hydrogens (tertiary/aromatic N) is 5. The number of hydrogen-bond acceptors (Lipinski definition) is 5. The fraction of sp³-hybridized carbons (Fsp3) is 0.538. The number of benzene rings is 1. The van der Waals surface area contributed by atoms with Crippen molar-refractivity contribution < 1.29 is 19.4 Å². The van der Waals surface area contributed by atoms with Crippen LogP contribution in [0.5, 0.6) is 0 Å². The summed E-state index contributed by atoms with van der Waals surface area (Å²) in [5, 5.41) is 14.4. The van der Waals surface area contributed by atoms with E-state index in [4.69, 9.17) is 21.3 Å². The van der Waals surface area contributed by atoms with Crippen LogP contribution in [-0.4, -0.2) is 49.7 Å². The Bertz CT molecular complexity index is 1290. The van der Waals surface area contributed by atoms with Gasteiger partial charge in [0.15, 0.2) is 0 Å². The molecule has 1 N–H and O–H groups in total. The first-order chi connectivity index (χ1) is 17.3. The summed E-state index contributed by atoms with van der Waals surface area (Å²) in [7, 11) is 1.41. The fourth-order valence-corrected chi connectivity index (χ4v) is 6.06. The maximum Gasteiger partial charge on any atom is 0.414 e. The Kier molecular flexibility index (Phi) is 6.68. The lowest BCUT2D eigenvalue weighted by Crippen LogP contribution is -2.42. The number of methoxy groups -OCH3 is 1. The second-order valence-electron chi connectivity index (χ2n) is 10.1. The molecule has 9 nitrogen and oxygen atoms in total. The summed E-state index contributed by atoms with van der Waals surface area (Å²) in [5.74, 6) is -0.00218. The molecular formula is C26H32ClN5O4. The largest absolute Gasteiger partial charge is 0.481 e. The number of carboxylic acid groups (broad SMARTS) is 1. The summed E-state index contributed by atoms with van der Waals surface area (Å²) in [6.07, 6.45) is 7.61. The van der Waals surface area contributed by atoms with Gasteiger partial charge in [-0.2, -0.15) is 5.10 Å². The SMILES string of the molecule is COC(=O)N1c2ccc3c(nc([C@H](C)Cn4cc(Cl)cn4)n3C3CCC(C(=O)O)CC3)c2CC[C@@H]1C. The Balaban J connectivity index is 1.60. The molecule has 3 aromatic rings. The first kappa shape index (κ1) is 24.6. The van der Waals surface area contributed by atoms with Crippen LogP contribution in [0.1, 0.15) is 69.3 Å². The predicted octanol–water partition coefficient (Wildman–Crippen LogP) is 5.41. The zero-order chi connectivity index (χ0) is 25.6. The van der Waals surface area contributed by atoms with Crippen LogP contribution in [0.4, 0.5) is 10.5 Å². The number of carbonyl (C=O) groups is 2. The highest BCUT2D eigenvalue weighted by Crippen LogP contribution is 2.41. The lowest BCUT2D eigenvalue weighted by molar-refractivity contribution is -0.143. The summed E-state index contributed by atoms with van der Waals surface area (Å²) < 4.78 is 9.23. The molecule has 1 aliphatic heterocycles. The van der Waals surface area contributed by atoms with Crippen molar-refractivity contribution in [3.63, 3.8) is 0 Å². The van der Waals surface area contributed by atoms with Gasteiger partial charge in [0.25, 0.3) is 0 Å². The first-order valence-electron chi connectivity index (χ1n) is 12.6. The number of aliphatic carboxylic acids is 1. The molecule has 2 aromatic heterocycles. The van der Waals surface area contributed by atoms with Gasteiger partial charge in [-0.05, 0) is 57.6 Å².